The van der Waals surface area contributed by atoms with Crippen LogP contribution >= 0.6 is 0 Å². The van der Waals surface area contributed by atoms with Crippen molar-refractivity contribution >= 4 is 11.8 Å². The highest BCUT2D eigenvalue weighted by atomic mass is 19.1. The van der Waals surface area contributed by atoms with E-state index in [2.05, 4.69) is 10.5 Å². The van der Waals surface area contributed by atoms with Gasteiger partial charge in [0.2, 0.25) is 0 Å². The molecule has 0 spiro atoms. The smallest absolute Gasteiger partial charge is 0.323 e. The van der Waals surface area contributed by atoms with Crippen molar-refractivity contribution in [1.29, 1.82) is 0 Å². The lowest BCUT2D eigenvalue weighted by Crippen LogP contribution is -2.43. The molecule has 1 aliphatic heterocycles. The second-order valence-electron chi connectivity index (χ2n) is 7.01. The zero-order valence-electron chi connectivity index (χ0n) is 16.3. The van der Waals surface area contributed by atoms with Gasteiger partial charge >= 0.3 is 6.03 Å². The number of hydrogen-bond donors (Lipinski definition) is 1. The molecule has 1 fully saturated rings. The van der Waals surface area contributed by atoms with E-state index in [1.807, 2.05) is 30.3 Å². The number of carbonyl (C=O) groups is 1. The number of benzene rings is 2. The van der Waals surface area contributed by atoms with Crippen LogP contribution in [0.25, 0.3) is 0 Å². The van der Waals surface area contributed by atoms with E-state index in [1.54, 1.807) is 17.0 Å². The van der Waals surface area contributed by atoms with E-state index in [0.717, 1.165) is 24.2 Å². The van der Waals surface area contributed by atoms with Gasteiger partial charge in [-0.25, -0.2) is 9.18 Å². The van der Waals surface area contributed by atoms with Crippen LogP contribution in [0.3, 0.4) is 0 Å². The number of likely N-dealkylation sites (tertiary alicyclic amines) is 1. The largest absolute Gasteiger partial charge is 0.490 e. The highest BCUT2D eigenvalue weighted by Gasteiger charge is 2.24. The Morgan fingerprint density at radius 3 is 2.60 bits per heavy atom. The van der Waals surface area contributed by atoms with Gasteiger partial charge in [0.15, 0.2) is 5.82 Å². The van der Waals surface area contributed by atoms with Crippen LogP contribution in [0.5, 0.6) is 11.5 Å². The molecule has 1 aliphatic rings. The van der Waals surface area contributed by atoms with Gasteiger partial charge in [0.05, 0.1) is 0 Å². The molecule has 2 amide bonds. The monoisotopic (exact) mass is 411 g/mol. The minimum Gasteiger partial charge on any atom is -0.490 e. The fraction of sp³-hybridized carbons (Fsp3) is 0.273. The van der Waals surface area contributed by atoms with Gasteiger partial charge in [-0.15, -0.1) is 0 Å². The van der Waals surface area contributed by atoms with Crippen LogP contribution in [0.1, 0.15) is 18.4 Å². The first-order valence-corrected chi connectivity index (χ1v) is 9.76. The lowest BCUT2D eigenvalue weighted by Gasteiger charge is -2.32. The summed E-state index contributed by atoms with van der Waals surface area (Å²) in [7, 11) is 0. The molecule has 2 heterocycles. The number of nitrogens with zero attached hydrogens (tertiary/aromatic N) is 2. The molecule has 0 aliphatic carbocycles. The molecule has 4 rings (SSSR count). The summed E-state index contributed by atoms with van der Waals surface area (Å²) in [5.41, 5.74) is 0.773. The van der Waals surface area contributed by atoms with Crippen LogP contribution in [0.2, 0.25) is 0 Å². The van der Waals surface area contributed by atoms with Crippen LogP contribution < -0.4 is 14.8 Å². The molecule has 0 saturated carbocycles. The number of piperidine rings is 1. The second kappa shape index (κ2) is 9.30. The van der Waals surface area contributed by atoms with Crippen molar-refractivity contribution in [2.75, 3.05) is 18.4 Å². The third-order valence-corrected chi connectivity index (χ3v) is 4.82. The highest BCUT2D eigenvalue weighted by Crippen LogP contribution is 2.23. The zero-order chi connectivity index (χ0) is 20.8. The first kappa shape index (κ1) is 19.8. The highest BCUT2D eigenvalue weighted by molar-refractivity contribution is 5.88. The molecule has 7 nitrogen and oxygen atoms in total. The summed E-state index contributed by atoms with van der Waals surface area (Å²) in [5, 5.41) is 6.37. The Kier molecular flexibility index (Phi) is 6.12. The molecule has 2 aromatic carbocycles. The van der Waals surface area contributed by atoms with E-state index >= 15 is 0 Å². The minimum atomic E-state index is -0.276. The molecule has 3 aromatic rings. The SMILES string of the molecule is O=C(Nc1ccon1)N1CCC(Oc2ccc(OCc3cccc(F)c3)cc2)CC1. The van der Waals surface area contributed by atoms with E-state index in [4.69, 9.17) is 14.0 Å². The predicted molar refractivity (Wildman–Crippen MR) is 108 cm³/mol. The lowest BCUT2D eigenvalue weighted by atomic mass is 10.1. The third kappa shape index (κ3) is 5.28. The fourth-order valence-corrected chi connectivity index (χ4v) is 3.24. The van der Waals surface area contributed by atoms with E-state index in [0.29, 0.717) is 31.3 Å². The molecule has 0 radical (unpaired) electrons. The Morgan fingerprint density at radius 1 is 1.13 bits per heavy atom. The number of halogens is 1. The molecule has 156 valence electrons. The van der Waals surface area contributed by atoms with E-state index in [-0.39, 0.29) is 18.0 Å². The maximum Gasteiger partial charge on any atom is 0.323 e. The number of ether oxygens (including phenoxy) is 2. The first-order chi connectivity index (χ1) is 14.7. The van der Waals surface area contributed by atoms with Crippen molar-refractivity contribution in [1.82, 2.24) is 10.1 Å². The van der Waals surface area contributed by atoms with Gasteiger partial charge in [-0.1, -0.05) is 17.3 Å². The van der Waals surface area contributed by atoms with Gasteiger partial charge in [-0.2, -0.15) is 0 Å². The summed E-state index contributed by atoms with van der Waals surface area (Å²) < 4.78 is 29.6. The average Bonchev–Trinajstić information content (AvgIpc) is 3.27. The Morgan fingerprint density at radius 2 is 1.90 bits per heavy atom. The van der Waals surface area contributed by atoms with Crippen LogP contribution in [-0.2, 0) is 6.61 Å². The number of nitrogens with one attached hydrogen (secondary N) is 1. The normalized spacial score (nSPS) is 14.4. The molecule has 1 N–H and O–H groups in total. The quantitative estimate of drug-likeness (QED) is 0.648. The van der Waals surface area contributed by atoms with E-state index < -0.39 is 0 Å². The molecule has 0 atom stereocenters. The molecule has 8 heteroatoms. The Labute approximate surface area is 173 Å². The van der Waals surface area contributed by atoms with E-state index in [1.165, 1.54) is 18.4 Å². The number of amides is 2. The zero-order valence-corrected chi connectivity index (χ0v) is 16.3. The average molecular weight is 411 g/mol. The number of carbonyl (C=O) groups excluding carboxylic acids is 1. The maximum absolute atomic E-state index is 13.2. The molecular weight excluding hydrogens is 389 g/mol. The molecule has 0 unspecified atom stereocenters. The van der Waals surface area contributed by atoms with Crippen molar-refractivity contribution in [3.05, 3.63) is 72.2 Å². The number of hydrogen-bond acceptors (Lipinski definition) is 5. The van der Waals surface area contributed by atoms with Crippen molar-refractivity contribution < 1.29 is 23.2 Å². The van der Waals surface area contributed by atoms with Crippen molar-refractivity contribution in [2.24, 2.45) is 0 Å². The lowest BCUT2D eigenvalue weighted by molar-refractivity contribution is 0.115. The summed E-state index contributed by atoms with van der Waals surface area (Å²) in [6.07, 6.45) is 2.93. The Balaban J connectivity index is 1.22. The van der Waals surface area contributed by atoms with Gasteiger partial charge in [0.1, 0.15) is 36.3 Å². The molecule has 1 aromatic heterocycles. The second-order valence-corrected chi connectivity index (χ2v) is 7.01. The van der Waals surface area contributed by atoms with Crippen molar-refractivity contribution in [2.45, 2.75) is 25.6 Å². The topological polar surface area (TPSA) is 76.8 Å². The summed E-state index contributed by atoms with van der Waals surface area (Å²) in [4.78, 5) is 13.9. The summed E-state index contributed by atoms with van der Waals surface area (Å²) in [6.45, 7) is 1.50. The maximum atomic E-state index is 13.2. The van der Waals surface area contributed by atoms with Crippen LogP contribution in [0.15, 0.2) is 65.4 Å². The minimum absolute atomic E-state index is 0.0418. The van der Waals surface area contributed by atoms with Crippen molar-refractivity contribution in [3.63, 3.8) is 0 Å². The van der Waals surface area contributed by atoms with Gasteiger partial charge in [-0.05, 0) is 42.0 Å². The van der Waals surface area contributed by atoms with Gasteiger partial charge < -0.3 is 18.9 Å². The van der Waals surface area contributed by atoms with Gasteiger partial charge in [0.25, 0.3) is 0 Å². The molecular formula is C22H22FN3O4. The Bertz CT molecular complexity index is 955. The van der Waals surface area contributed by atoms with Gasteiger partial charge in [-0.3, -0.25) is 5.32 Å². The Hall–Kier alpha value is -3.55. The number of anilines is 1. The van der Waals surface area contributed by atoms with E-state index in [9.17, 15) is 9.18 Å². The summed E-state index contributed by atoms with van der Waals surface area (Å²) in [6, 6.07) is 15.1. The fourth-order valence-electron chi connectivity index (χ4n) is 3.24. The molecule has 1 saturated heterocycles. The van der Waals surface area contributed by atoms with Crippen LogP contribution in [0, 0.1) is 5.82 Å². The van der Waals surface area contributed by atoms with Crippen LogP contribution in [0.4, 0.5) is 15.0 Å². The van der Waals surface area contributed by atoms with Crippen molar-refractivity contribution in [3.8, 4) is 11.5 Å². The summed E-state index contributed by atoms with van der Waals surface area (Å²) in [5.74, 6) is 1.56. The molecule has 0 bridgehead atoms. The number of rotatable bonds is 6. The first-order valence-electron chi connectivity index (χ1n) is 9.76. The number of urea groups is 1. The number of aromatic nitrogens is 1. The predicted octanol–water partition coefficient (Wildman–Crippen LogP) is 4.47. The third-order valence-electron chi connectivity index (χ3n) is 4.82. The van der Waals surface area contributed by atoms with Gasteiger partial charge in [0, 0.05) is 32.0 Å². The summed E-state index contributed by atoms with van der Waals surface area (Å²) >= 11 is 0. The van der Waals surface area contributed by atoms with Crippen LogP contribution in [-0.4, -0.2) is 35.3 Å². The molecule has 30 heavy (non-hydrogen) atoms. The standard InChI is InChI=1S/C22H22FN3O4/c23-17-3-1-2-16(14-17)15-28-18-4-6-19(7-5-18)30-20-8-11-26(12-9-20)22(27)24-21-10-13-29-25-21/h1-7,10,13-14,20H,8-9,11-12,15H2,(H,24,25,27).